The molecule has 1 aliphatic carbocycles. The number of amides is 1. The molecule has 0 radical (unpaired) electrons. The van der Waals surface area contributed by atoms with E-state index in [2.05, 4.69) is 0 Å². The second-order valence-electron chi connectivity index (χ2n) is 5.73. The Hall–Kier alpha value is -1.06. The Morgan fingerprint density at radius 3 is 2.35 bits per heavy atom. The first-order valence-electron chi connectivity index (χ1n) is 7.19. The smallest absolute Gasteiger partial charge is 0.227 e. The maximum Gasteiger partial charge on any atom is 0.227 e. The third kappa shape index (κ3) is 3.97. The number of carbonyl (C=O) groups is 1. The third-order valence-corrected chi connectivity index (χ3v) is 4.39. The van der Waals surface area contributed by atoms with Gasteiger partial charge in [-0.05, 0) is 36.9 Å². The number of carbonyl (C=O) groups excluding carboxylic acids is 1. The van der Waals surface area contributed by atoms with Crippen LogP contribution in [0.4, 0.5) is 5.69 Å². The van der Waals surface area contributed by atoms with Crippen molar-refractivity contribution in [3.8, 4) is 0 Å². The van der Waals surface area contributed by atoms with Crippen molar-refractivity contribution in [3.63, 3.8) is 0 Å². The van der Waals surface area contributed by atoms with Gasteiger partial charge in [-0.2, -0.15) is 0 Å². The maximum absolute atomic E-state index is 12.4. The minimum atomic E-state index is 0. The van der Waals surface area contributed by atoms with E-state index < -0.39 is 0 Å². The normalized spacial score (nSPS) is 17.1. The summed E-state index contributed by atoms with van der Waals surface area (Å²) in [6, 6.07) is 9.81. The number of benzene rings is 1. The molecule has 0 spiro atoms. The molecule has 1 aromatic carbocycles. The van der Waals surface area contributed by atoms with Gasteiger partial charge in [0.25, 0.3) is 0 Å². The van der Waals surface area contributed by atoms with E-state index in [0.29, 0.717) is 13.0 Å². The van der Waals surface area contributed by atoms with Crippen LogP contribution >= 0.6 is 12.4 Å². The minimum absolute atomic E-state index is 0. The summed E-state index contributed by atoms with van der Waals surface area (Å²) in [7, 11) is 1.85. The fourth-order valence-corrected chi connectivity index (χ4v) is 2.99. The first kappa shape index (κ1) is 17.0. The van der Waals surface area contributed by atoms with Gasteiger partial charge < -0.3 is 10.6 Å². The quantitative estimate of drug-likeness (QED) is 0.926. The van der Waals surface area contributed by atoms with Gasteiger partial charge in [0.1, 0.15) is 0 Å². The molecule has 0 bridgehead atoms. The lowest BCUT2D eigenvalue weighted by Crippen LogP contribution is -2.39. The van der Waals surface area contributed by atoms with Gasteiger partial charge in [-0.15, -0.1) is 12.4 Å². The molecular weight excluding hydrogens is 272 g/mol. The number of anilines is 1. The van der Waals surface area contributed by atoms with Crippen LogP contribution in [0, 0.1) is 5.41 Å². The predicted octanol–water partition coefficient (Wildman–Crippen LogP) is 3.37. The molecule has 1 fully saturated rings. The van der Waals surface area contributed by atoms with Gasteiger partial charge in [0.2, 0.25) is 5.91 Å². The van der Waals surface area contributed by atoms with Crippen LogP contribution < -0.4 is 10.6 Å². The number of nitrogens with zero attached hydrogens (tertiary/aromatic N) is 1. The Labute approximate surface area is 127 Å². The minimum Gasteiger partial charge on any atom is -0.330 e. The number of halogens is 1. The molecule has 1 aliphatic rings. The fourth-order valence-electron chi connectivity index (χ4n) is 2.99. The highest BCUT2D eigenvalue weighted by Gasteiger charge is 2.34. The Balaban J connectivity index is 0.00000200. The van der Waals surface area contributed by atoms with E-state index in [1.54, 1.807) is 4.90 Å². The summed E-state index contributed by atoms with van der Waals surface area (Å²) in [5.41, 5.74) is 6.95. The lowest BCUT2D eigenvalue weighted by Gasteiger charge is -2.36. The van der Waals surface area contributed by atoms with Gasteiger partial charge in [0.15, 0.2) is 0 Å². The maximum atomic E-state index is 12.4. The second-order valence-corrected chi connectivity index (χ2v) is 5.73. The SMILES string of the molecule is CN(C(=O)CC1(CN)CCCCC1)c1ccccc1.Cl. The molecule has 0 aromatic heterocycles. The molecule has 0 heterocycles. The highest BCUT2D eigenvalue weighted by atomic mass is 35.5. The second kappa shape index (κ2) is 7.65. The zero-order valence-corrected chi connectivity index (χ0v) is 13.0. The molecule has 2 N–H and O–H groups in total. The largest absolute Gasteiger partial charge is 0.330 e. The highest BCUT2D eigenvalue weighted by Crippen LogP contribution is 2.39. The predicted molar refractivity (Wildman–Crippen MR) is 86.3 cm³/mol. The first-order chi connectivity index (χ1) is 9.17. The van der Waals surface area contributed by atoms with Crippen LogP contribution in [0.2, 0.25) is 0 Å². The average Bonchev–Trinajstić information content (AvgIpc) is 2.48. The van der Waals surface area contributed by atoms with Crippen molar-refractivity contribution < 1.29 is 4.79 Å². The summed E-state index contributed by atoms with van der Waals surface area (Å²) in [6.45, 7) is 0.626. The molecule has 4 heteroatoms. The van der Waals surface area contributed by atoms with Crippen molar-refractivity contribution in [2.75, 3.05) is 18.5 Å². The molecule has 2 rings (SSSR count). The van der Waals surface area contributed by atoms with E-state index >= 15 is 0 Å². The molecular formula is C16H25ClN2O. The van der Waals surface area contributed by atoms with Crippen LogP contribution in [0.5, 0.6) is 0 Å². The zero-order chi connectivity index (χ0) is 13.7. The van der Waals surface area contributed by atoms with Gasteiger partial charge in [-0.3, -0.25) is 4.79 Å². The van der Waals surface area contributed by atoms with Gasteiger partial charge >= 0.3 is 0 Å². The zero-order valence-electron chi connectivity index (χ0n) is 12.2. The molecule has 0 aliphatic heterocycles. The Morgan fingerprint density at radius 1 is 1.20 bits per heavy atom. The molecule has 112 valence electrons. The Kier molecular flexibility index (Phi) is 6.50. The molecule has 0 atom stereocenters. The molecule has 20 heavy (non-hydrogen) atoms. The molecule has 0 unspecified atom stereocenters. The van der Waals surface area contributed by atoms with Crippen molar-refractivity contribution in [2.45, 2.75) is 38.5 Å². The van der Waals surface area contributed by atoms with Crippen molar-refractivity contribution in [3.05, 3.63) is 30.3 Å². The summed E-state index contributed by atoms with van der Waals surface area (Å²) < 4.78 is 0. The van der Waals surface area contributed by atoms with Crippen LogP contribution in [0.25, 0.3) is 0 Å². The number of hydrogen-bond acceptors (Lipinski definition) is 2. The van der Waals surface area contributed by atoms with Crippen LogP contribution in [0.1, 0.15) is 38.5 Å². The molecule has 1 aromatic rings. The van der Waals surface area contributed by atoms with E-state index in [1.165, 1.54) is 19.3 Å². The number of nitrogens with two attached hydrogens (primary N) is 1. The molecule has 1 saturated carbocycles. The molecule has 0 saturated heterocycles. The van der Waals surface area contributed by atoms with Crippen LogP contribution in [-0.2, 0) is 4.79 Å². The lowest BCUT2D eigenvalue weighted by molar-refractivity contribution is -0.121. The highest BCUT2D eigenvalue weighted by molar-refractivity contribution is 5.93. The summed E-state index contributed by atoms with van der Waals surface area (Å²) in [4.78, 5) is 14.2. The van der Waals surface area contributed by atoms with Crippen LogP contribution in [0.15, 0.2) is 30.3 Å². The monoisotopic (exact) mass is 296 g/mol. The molecule has 3 nitrogen and oxygen atoms in total. The van der Waals surface area contributed by atoms with Gasteiger partial charge in [-0.1, -0.05) is 37.5 Å². The van der Waals surface area contributed by atoms with Crippen molar-refractivity contribution in [2.24, 2.45) is 11.1 Å². The molecule has 1 amide bonds. The Morgan fingerprint density at radius 2 is 1.80 bits per heavy atom. The number of rotatable bonds is 4. The van der Waals surface area contributed by atoms with E-state index in [9.17, 15) is 4.79 Å². The fraction of sp³-hybridized carbons (Fsp3) is 0.562. The van der Waals surface area contributed by atoms with Gasteiger partial charge in [0, 0.05) is 19.2 Å². The number of para-hydroxylation sites is 1. The summed E-state index contributed by atoms with van der Waals surface area (Å²) >= 11 is 0. The first-order valence-corrected chi connectivity index (χ1v) is 7.19. The van der Waals surface area contributed by atoms with Gasteiger partial charge in [0.05, 0.1) is 0 Å². The summed E-state index contributed by atoms with van der Waals surface area (Å²) in [5, 5.41) is 0. The van der Waals surface area contributed by atoms with Crippen molar-refractivity contribution in [1.82, 2.24) is 0 Å². The average molecular weight is 297 g/mol. The van der Waals surface area contributed by atoms with E-state index in [1.807, 2.05) is 37.4 Å². The third-order valence-electron chi connectivity index (χ3n) is 4.39. The van der Waals surface area contributed by atoms with Crippen LogP contribution in [0.3, 0.4) is 0 Å². The topological polar surface area (TPSA) is 46.3 Å². The standard InChI is InChI=1S/C16H24N2O.ClH/c1-18(14-8-4-2-5-9-14)15(19)12-16(13-17)10-6-3-7-11-16;/h2,4-5,8-9H,3,6-7,10-13,17H2,1H3;1H. The van der Waals surface area contributed by atoms with Crippen molar-refractivity contribution in [1.29, 1.82) is 0 Å². The number of hydrogen-bond donors (Lipinski definition) is 1. The van der Waals surface area contributed by atoms with E-state index in [4.69, 9.17) is 5.73 Å². The van der Waals surface area contributed by atoms with Crippen molar-refractivity contribution >= 4 is 24.0 Å². The Bertz CT molecular complexity index is 416. The van der Waals surface area contributed by atoms with E-state index in [-0.39, 0.29) is 23.7 Å². The van der Waals surface area contributed by atoms with Gasteiger partial charge in [-0.25, -0.2) is 0 Å². The lowest BCUT2D eigenvalue weighted by atomic mass is 9.71. The van der Waals surface area contributed by atoms with Crippen LogP contribution in [-0.4, -0.2) is 19.5 Å². The summed E-state index contributed by atoms with van der Waals surface area (Å²) in [5.74, 6) is 0.179. The van der Waals surface area contributed by atoms with E-state index in [0.717, 1.165) is 18.5 Å². The summed E-state index contributed by atoms with van der Waals surface area (Å²) in [6.07, 6.45) is 6.47.